The second-order valence-electron chi connectivity index (χ2n) is 5.83. The molecule has 2 saturated heterocycles. The summed E-state index contributed by atoms with van der Waals surface area (Å²) in [6.45, 7) is 2.55. The lowest BCUT2D eigenvalue weighted by Crippen LogP contribution is -2.63. The van der Waals surface area contributed by atoms with Crippen LogP contribution < -0.4 is 0 Å². The van der Waals surface area contributed by atoms with Crippen molar-refractivity contribution in [2.45, 2.75) is 82.4 Å². The number of hydrogen-bond acceptors (Lipinski definition) is 6. The topological polar surface area (TPSA) is 77.4 Å². The average molecular weight is 304 g/mol. The lowest BCUT2D eigenvalue weighted by Gasteiger charge is -2.45. The first kappa shape index (κ1) is 17.1. The maximum atomic E-state index is 10.1. The van der Waals surface area contributed by atoms with E-state index in [1.54, 1.807) is 0 Å². The minimum Gasteiger partial charge on any atom is -0.387 e. The molecule has 21 heavy (non-hydrogen) atoms. The van der Waals surface area contributed by atoms with Gasteiger partial charge in [-0.3, -0.25) is 0 Å². The highest BCUT2D eigenvalue weighted by Crippen LogP contribution is 2.29. The van der Waals surface area contributed by atoms with Crippen LogP contribution in [0.3, 0.4) is 0 Å². The number of rotatable bonds is 7. The first-order valence-electron chi connectivity index (χ1n) is 7.98. The summed E-state index contributed by atoms with van der Waals surface area (Å²) in [6, 6.07) is 0. The largest absolute Gasteiger partial charge is 0.387 e. The van der Waals surface area contributed by atoms with Crippen LogP contribution in [0, 0.1) is 0 Å². The van der Waals surface area contributed by atoms with Crippen molar-refractivity contribution in [1.29, 1.82) is 0 Å². The van der Waals surface area contributed by atoms with Gasteiger partial charge in [0.25, 0.3) is 0 Å². The molecule has 6 heteroatoms. The molecular weight excluding hydrogens is 276 g/mol. The molecular formula is C15H28O6. The standard InChI is InChI=1S/C15H28O6/c1-3-4-5-6-7-8-11-19-9-10-14(21-11)12(16)13(17)15(18-2)20-10/h10-17H,3-9H2,1-2H3/t10-,11?,12-,13-,14+,15+/m1/s1. The quantitative estimate of drug-likeness (QED) is 0.688. The Morgan fingerprint density at radius 3 is 2.52 bits per heavy atom. The van der Waals surface area contributed by atoms with Gasteiger partial charge in [0, 0.05) is 7.11 Å². The Morgan fingerprint density at radius 1 is 1.05 bits per heavy atom. The molecule has 1 unspecified atom stereocenters. The van der Waals surface area contributed by atoms with E-state index in [0.29, 0.717) is 6.61 Å². The Kier molecular flexibility index (Phi) is 6.85. The Hall–Kier alpha value is -0.240. The van der Waals surface area contributed by atoms with Crippen LogP contribution in [-0.2, 0) is 18.9 Å². The molecule has 0 amide bonds. The van der Waals surface area contributed by atoms with Gasteiger partial charge in [-0.25, -0.2) is 0 Å². The summed E-state index contributed by atoms with van der Waals surface area (Å²) in [6.07, 6.45) is 2.51. The first-order chi connectivity index (χ1) is 10.2. The van der Waals surface area contributed by atoms with Crippen LogP contribution in [0.4, 0.5) is 0 Å². The third kappa shape index (κ3) is 4.37. The van der Waals surface area contributed by atoms with Crippen LogP contribution in [0.2, 0.25) is 0 Å². The molecule has 0 spiro atoms. The van der Waals surface area contributed by atoms with Crippen LogP contribution in [-0.4, -0.2) is 60.9 Å². The van der Waals surface area contributed by atoms with Gasteiger partial charge < -0.3 is 29.2 Å². The maximum absolute atomic E-state index is 10.1. The third-order valence-electron chi connectivity index (χ3n) is 4.17. The third-order valence-corrected chi connectivity index (χ3v) is 4.17. The van der Waals surface area contributed by atoms with Crippen molar-refractivity contribution in [2.24, 2.45) is 0 Å². The molecule has 0 aliphatic carbocycles. The fourth-order valence-corrected chi connectivity index (χ4v) is 2.89. The van der Waals surface area contributed by atoms with Crippen molar-refractivity contribution in [3.05, 3.63) is 0 Å². The van der Waals surface area contributed by atoms with E-state index in [1.807, 2.05) is 0 Å². The van der Waals surface area contributed by atoms with E-state index in [4.69, 9.17) is 18.9 Å². The Balaban J connectivity index is 1.77. The van der Waals surface area contributed by atoms with E-state index in [1.165, 1.54) is 32.8 Å². The predicted molar refractivity (Wildman–Crippen MR) is 75.7 cm³/mol. The number of unbranched alkanes of at least 4 members (excludes halogenated alkanes) is 4. The fraction of sp³-hybridized carbons (Fsp3) is 1.00. The normalized spacial score (nSPS) is 40.0. The van der Waals surface area contributed by atoms with Crippen LogP contribution in [0.15, 0.2) is 0 Å². The molecule has 2 N–H and O–H groups in total. The number of ether oxygens (including phenoxy) is 4. The average Bonchev–Trinajstić information content (AvgIpc) is 2.51. The van der Waals surface area contributed by atoms with Crippen LogP contribution in [0.1, 0.15) is 45.4 Å². The summed E-state index contributed by atoms with van der Waals surface area (Å²) in [7, 11) is 1.44. The molecule has 0 radical (unpaired) electrons. The fourth-order valence-electron chi connectivity index (χ4n) is 2.89. The number of aliphatic hydroxyl groups is 2. The Labute approximate surface area is 126 Å². The van der Waals surface area contributed by atoms with Crippen LogP contribution in [0.25, 0.3) is 0 Å². The predicted octanol–water partition coefficient (Wildman–Crippen LogP) is 1.18. The smallest absolute Gasteiger partial charge is 0.186 e. The molecule has 0 aromatic rings. The number of aliphatic hydroxyl groups excluding tert-OH is 2. The lowest BCUT2D eigenvalue weighted by atomic mass is 9.98. The van der Waals surface area contributed by atoms with E-state index >= 15 is 0 Å². The zero-order chi connectivity index (χ0) is 15.2. The minimum absolute atomic E-state index is 0.322. The molecule has 124 valence electrons. The molecule has 6 nitrogen and oxygen atoms in total. The van der Waals surface area contributed by atoms with Gasteiger partial charge >= 0.3 is 0 Å². The van der Waals surface area contributed by atoms with Gasteiger partial charge in [0.1, 0.15) is 24.4 Å². The molecule has 0 aromatic carbocycles. The highest BCUT2D eigenvalue weighted by Gasteiger charge is 2.48. The minimum atomic E-state index is -1.10. The van der Waals surface area contributed by atoms with Gasteiger partial charge in [-0.05, 0) is 12.8 Å². The van der Waals surface area contributed by atoms with Gasteiger partial charge in [-0.1, -0.05) is 32.6 Å². The van der Waals surface area contributed by atoms with Crippen LogP contribution in [0.5, 0.6) is 0 Å². The lowest BCUT2D eigenvalue weighted by molar-refractivity contribution is -0.356. The zero-order valence-electron chi connectivity index (χ0n) is 12.9. The molecule has 6 atom stereocenters. The molecule has 2 rings (SSSR count). The van der Waals surface area contributed by atoms with Crippen molar-refractivity contribution in [2.75, 3.05) is 13.7 Å². The summed E-state index contributed by atoms with van der Waals surface area (Å²) >= 11 is 0. The molecule has 2 aliphatic heterocycles. The Morgan fingerprint density at radius 2 is 1.81 bits per heavy atom. The molecule has 0 bridgehead atoms. The second-order valence-corrected chi connectivity index (χ2v) is 5.83. The summed E-state index contributed by atoms with van der Waals surface area (Å²) in [5, 5.41) is 20.1. The molecule has 2 fully saturated rings. The van der Waals surface area contributed by atoms with Gasteiger partial charge in [0.2, 0.25) is 0 Å². The maximum Gasteiger partial charge on any atom is 0.186 e. The molecule has 2 aliphatic rings. The summed E-state index contributed by atoms with van der Waals surface area (Å²) in [5.74, 6) is 0. The number of hydrogen-bond donors (Lipinski definition) is 2. The highest BCUT2D eigenvalue weighted by molar-refractivity contribution is 4.92. The number of fused-ring (bicyclic) bond motifs is 1. The summed E-state index contributed by atoms with van der Waals surface area (Å²) in [4.78, 5) is 0. The first-order valence-corrected chi connectivity index (χ1v) is 7.98. The molecule has 0 aromatic heterocycles. The van der Waals surface area contributed by atoms with Crippen molar-refractivity contribution in [1.82, 2.24) is 0 Å². The summed E-state index contributed by atoms with van der Waals surface area (Å²) in [5.41, 5.74) is 0. The SMILES string of the molecule is CCCCCCCC1OC[C@H]2O[C@H](OC)[C@H](O)[C@@H](O)[C@H]2O1. The van der Waals surface area contributed by atoms with Gasteiger partial charge in [-0.15, -0.1) is 0 Å². The highest BCUT2D eigenvalue weighted by atomic mass is 16.7. The van der Waals surface area contributed by atoms with Crippen LogP contribution >= 0.6 is 0 Å². The number of methoxy groups -OCH3 is 1. The van der Waals surface area contributed by atoms with E-state index in [9.17, 15) is 10.2 Å². The zero-order valence-corrected chi connectivity index (χ0v) is 12.9. The van der Waals surface area contributed by atoms with Gasteiger partial charge in [0.05, 0.1) is 6.61 Å². The van der Waals surface area contributed by atoms with Gasteiger partial charge in [-0.2, -0.15) is 0 Å². The molecule has 2 heterocycles. The van der Waals surface area contributed by atoms with E-state index in [-0.39, 0.29) is 6.29 Å². The Bertz CT molecular complexity index is 296. The molecule has 0 saturated carbocycles. The monoisotopic (exact) mass is 304 g/mol. The van der Waals surface area contributed by atoms with E-state index in [2.05, 4.69) is 6.92 Å². The van der Waals surface area contributed by atoms with E-state index in [0.717, 1.165) is 12.8 Å². The van der Waals surface area contributed by atoms with Crippen molar-refractivity contribution in [3.63, 3.8) is 0 Å². The second kappa shape index (κ2) is 8.41. The van der Waals surface area contributed by atoms with Crippen molar-refractivity contribution in [3.8, 4) is 0 Å². The van der Waals surface area contributed by atoms with Crippen molar-refractivity contribution >= 4 is 0 Å². The summed E-state index contributed by atoms with van der Waals surface area (Å²) < 4.78 is 21.9. The van der Waals surface area contributed by atoms with Crippen molar-refractivity contribution < 1.29 is 29.2 Å². The van der Waals surface area contributed by atoms with E-state index < -0.39 is 30.7 Å². The van der Waals surface area contributed by atoms with Gasteiger partial charge in [0.15, 0.2) is 12.6 Å².